The summed E-state index contributed by atoms with van der Waals surface area (Å²) < 4.78 is 5.43. The van der Waals surface area contributed by atoms with Crippen LogP contribution in [0.1, 0.15) is 40.5 Å². The Balaban J connectivity index is 1.59. The molecule has 1 N–H and O–H groups in total. The summed E-state index contributed by atoms with van der Waals surface area (Å²) in [6.45, 7) is 0. The molecule has 1 atom stereocenters. The van der Waals surface area contributed by atoms with Crippen molar-refractivity contribution in [2.75, 3.05) is 0 Å². The Morgan fingerprint density at radius 2 is 2.17 bits per heavy atom. The molecule has 0 fully saturated rings. The summed E-state index contributed by atoms with van der Waals surface area (Å²) in [7, 11) is 0. The van der Waals surface area contributed by atoms with Crippen LogP contribution in [0.2, 0.25) is 0 Å². The Labute approximate surface area is 138 Å². The Hall–Kier alpha value is -2.40. The lowest BCUT2D eigenvalue weighted by Crippen LogP contribution is -2.31. The van der Waals surface area contributed by atoms with Crippen LogP contribution in [0.15, 0.2) is 52.6 Å². The van der Waals surface area contributed by atoms with Crippen LogP contribution in [-0.4, -0.2) is 10.9 Å². The monoisotopic (exact) mass is 324 g/mol. The number of aromatic nitrogens is 1. The third kappa shape index (κ3) is 2.68. The highest BCUT2D eigenvalue weighted by atomic mass is 32.1. The highest BCUT2D eigenvalue weighted by Crippen LogP contribution is 2.31. The molecule has 0 spiro atoms. The molecule has 1 aromatic carbocycles. The van der Waals surface area contributed by atoms with E-state index in [0.29, 0.717) is 11.5 Å². The fourth-order valence-corrected chi connectivity index (χ4v) is 3.83. The SMILES string of the molecule is O=C(N[C@@H]1CCCc2ccccc21)c1ncoc1-c1cccs1. The molecule has 0 saturated carbocycles. The summed E-state index contributed by atoms with van der Waals surface area (Å²) >= 11 is 1.53. The van der Waals surface area contributed by atoms with E-state index in [9.17, 15) is 4.79 Å². The number of amides is 1. The molecule has 23 heavy (non-hydrogen) atoms. The van der Waals surface area contributed by atoms with Gasteiger partial charge in [0.2, 0.25) is 0 Å². The molecule has 0 bridgehead atoms. The largest absolute Gasteiger partial charge is 0.442 e. The predicted molar refractivity (Wildman–Crippen MR) is 89.4 cm³/mol. The van der Waals surface area contributed by atoms with Gasteiger partial charge in [-0.2, -0.15) is 0 Å². The van der Waals surface area contributed by atoms with Crippen LogP contribution in [-0.2, 0) is 6.42 Å². The van der Waals surface area contributed by atoms with Crippen molar-refractivity contribution in [3.63, 3.8) is 0 Å². The lowest BCUT2D eigenvalue weighted by atomic mass is 9.87. The van der Waals surface area contributed by atoms with Gasteiger partial charge < -0.3 is 9.73 Å². The van der Waals surface area contributed by atoms with Crippen LogP contribution in [0, 0.1) is 0 Å². The molecule has 4 nitrogen and oxygen atoms in total. The first kappa shape index (κ1) is 14.2. The molecule has 2 aromatic heterocycles. The number of aryl methyl sites for hydroxylation is 1. The first-order valence-electron chi connectivity index (χ1n) is 7.69. The maximum Gasteiger partial charge on any atom is 0.274 e. The van der Waals surface area contributed by atoms with E-state index in [-0.39, 0.29) is 11.9 Å². The minimum Gasteiger partial charge on any atom is -0.442 e. The highest BCUT2D eigenvalue weighted by molar-refractivity contribution is 7.13. The third-order valence-corrected chi connectivity index (χ3v) is 5.07. The number of nitrogens with one attached hydrogen (secondary N) is 1. The number of rotatable bonds is 3. The van der Waals surface area contributed by atoms with E-state index in [2.05, 4.69) is 28.5 Å². The van der Waals surface area contributed by atoms with E-state index >= 15 is 0 Å². The zero-order chi connectivity index (χ0) is 15.6. The average molecular weight is 324 g/mol. The number of carbonyl (C=O) groups excluding carboxylic acids is 1. The molecule has 0 aliphatic heterocycles. The first-order valence-corrected chi connectivity index (χ1v) is 8.57. The zero-order valence-electron chi connectivity index (χ0n) is 12.5. The summed E-state index contributed by atoms with van der Waals surface area (Å²) in [6.07, 6.45) is 4.44. The van der Waals surface area contributed by atoms with E-state index < -0.39 is 0 Å². The molecule has 0 saturated heterocycles. The predicted octanol–water partition coefficient (Wildman–Crippen LogP) is 4.21. The van der Waals surface area contributed by atoms with Gasteiger partial charge in [-0.05, 0) is 41.8 Å². The molecular formula is C18H16N2O2S. The molecule has 0 unspecified atom stereocenters. The molecule has 116 valence electrons. The van der Waals surface area contributed by atoms with E-state index in [0.717, 1.165) is 24.1 Å². The van der Waals surface area contributed by atoms with Crippen molar-refractivity contribution < 1.29 is 9.21 Å². The number of oxazole rings is 1. The summed E-state index contributed by atoms with van der Waals surface area (Å²) in [6, 6.07) is 12.2. The number of thiophene rings is 1. The average Bonchev–Trinajstić information content (AvgIpc) is 3.26. The van der Waals surface area contributed by atoms with E-state index in [1.807, 2.05) is 23.6 Å². The molecule has 1 aliphatic rings. The van der Waals surface area contributed by atoms with Crippen molar-refractivity contribution in [1.29, 1.82) is 0 Å². The number of carbonyl (C=O) groups is 1. The minimum absolute atomic E-state index is 0.0420. The van der Waals surface area contributed by atoms with Gasteiger partial charge in [-0.25, -0.2) is 4.98 Å². The lowest BCUT2D eigenvalue weighted by Gasteiger charge is -2.26. The van der Waals surface area contributed by atoms with E-state index in [4.69, 9.17) is 4.42 Å². The summed E-state index contributed by atoms with van der Waals surface area (Å²) in [5.41, 5.74) is 2.89. The van der Waals surface area contributed by atoms with Crippen LogP contribution < -0.4 is 5.32 Å². The fraction of sp³-hybridized carbons (Fsp3) is 0.222. The number of hydrogen-bond donors (Lipinski definition) is 1. The van der Waals surface area contributed by atoms with Gasteiger partial charge in [0.05, 0.1) is 10.9 Å². The molecule has 1 amide bonds. The standard InChI is InChI=1S/C18H16N2O2S/c21-18(16-17(22-11-19-16)15-9-4-10-23-15)20-14-8-3-6-12-5-1-2-7-13(12)14/h1-2,4-5,7,9-11,14H,3,6,8H2,(H,20,21)/t14-/m1/s1. The van der Waals surface area contributed by atoms with Gasteiger partial charge in [0, 0.05) is 0 Å². The van der Waals surface area contributed by atoms with E-state index in [1.54, 1.807) is 0 Å². The number of hydrogen-bond acceptors (Lipinski definition) is 4. The maximum atomic E-state index is 12.7. The Kier molecular flexibility index (Phi) is 3.71. The van der Waals surface area contributed by atoms with Gasteiger partial charge in [0.15, 0.2) is 17.8 Å². The van der Waals surface area contributed by atoms with Crippen LogP contribution in [0.25, 0.3) is 10.6 Å². The molecule has 3 aromatic rings. The van der Waals surface area contributed by atoms with Gasteiger partial charge in [0.1, 0.15) is 0 Å². The first-order chi connectivity index (χ1) is 11.3. The quantitative estimate of drug-likeness (QED) is 0.785. The van der Waals surface area contributed by atoms with Crippen LogP contribution in [0.3, 0.4) is 0 Å². The van der Waals surface area contributed by atoms with Crippen molar-refractivity contribution >= 4 is 17.2 Å². The Bertz CT molecular complexity index is 823. The molecule has 0 radical (unpaired) electrons. The lowest BCUT2D eigenvalue weighted by molar-refractivity contribution is 0.0928. The van der Waals surface area contributed by atoms with Gasteiger partial charge in [-0.1, -0.05) is 30.3 Å². The van der Waals surface area contributed by atoms with Crippen LogP contribution in [0.5, 0.6) is 0 Å². The van der Waals surface area contributed by atoms with Gasteiger partial charge in [-0.15, -0.1) is 11.3 Å². The van der Waals surface area contributed by atoms with Gasteiger partial charge in [0.25, 0.3) is 5.91 Å². The smallest absolute Gasteiger partial charge is 0.274 e. The van der Waals surface area contributed by atoms with Crippen molar-refractivity contribution in [2.45, 2.75) is 25.3 Å². The van der Waals surface area contributed by atoms with Crippen LogP contribution in [0.4, 0.5) is 0 Å². The second-order valence-electron chi connectivity index (χ2n) is 5.62. The van der Waals surface area contributed by atoms with Crippen molar-refractivity contribution in [3.05, 3.63) is 65.0 Å². The van der Waals surface area contributed by atoms with Gasteiger partial charge in [-0.3, -0.25) is 4.79 Å². The number of benzene rings is 1. The second-order valence-corrected chi connectivity index (χ2v) is 6.57. The Morgan fingerprint density at radius 3 is 3.04 bits per heavy atom. The van der Waals surface area contributed by atoms with Crippen molar-refractivity contribution in [2.24, 2.45) is 0 Å². The second kappa shape index (κ2) is 6.01. The zero-order valence-corrected chi connectivity index (χ0v) is 13.3. The van der Waals surface area contributed by atoms with Crippen molar-refractivity contribution in [1.82, 2.24) is 10.3 Å². The minimum atomic E-state index is -0.177. The van der Waals surface area contributed by atoms with E-state index in [1.165, 1.54) is 28.9 Å². The number of fused-ring (bicyclic) bond motifs is 1. The topological polar surface area (TPSA) is 55.1 Å². The normalized spacial score (nSPS) is 16.8. The van der Waals surface area contributed by atoms with Gasteiger partial charge >= 0.3 is 0 Å². The Morgan fingerprint density at radius 1 is 1.26 bits per heavy atom. The summed E-state index contributed by atoms with van der Waals surface area (Å²) in [5, 5.41) is 5.08. The van der Waals surface area contributed by atoms with Crippen molar-refractivity contribution in [3.8, 4) is 10.6 Å². The highest BCUT2D eigenvalue weighted by Gasteiger charge is 2.25. The summed E-state index contributed by atoms with van der Waals surface area (Å²) in [4.78, 5) is 17.7. The molecule has 2 heterocycles. The molecule has 5 heteroatoms. The summed E-state index contributed by atoms with van der Waals surface area (Å²) in [5.74, 6) is 0.366. The molecule has 1 aliphatic carbocycles. The fourth-order valence-electron chi connectivity index (χ4n) is 3.12. The number of nitrogens with zero attached hydrogens (tertiary/aromatic N) is 1. The molecular weight excluding hydrogens is 308 g/mol. The van der Waals surface area contributed by atoms with Crippen LogP contribution >= 0.6 is 11.3 Å². The third-order valence-electron chi connectivity index (χ3n) is 4.20. The maximum absolute atomic E-state index is 12.7. The molecule has 4 rings (SSSR count).